The first kappa shape index (κ1) is 17.2. The summed E-state index contributed by atoms with van der Waals surface area (Å²) in [6.07, 6.45) is 21.3. The van der Waals surface area contributed by atoms with E-state index in [1.54, 1.807) is 6.92 Å². The van der Waals surface area contributed by atoms with E-state index in [4.69, 9.17) is 0 Å². The van der Waals surface area contributed by atoms with Crippen LogP contribution in [-0.2, 0) is 21.6 Å². The summed E-state index contributed by atoms with van der Waals surface area (Å²) in [4.78, 5) is 10.5. The van der Waals surface area contributed by atoms with Crippen molar-refractivity contribution in [2.45, 2.75) is 32.6 Å². The molecule has 0 atom stereocenters. The van der Waals surface area contributed by atoms with Gasteiger partial charge in [-0.2, -0.15) is 0 Å². The second-order valence-corrected chi connectivity index (χ2v) is 3.83. The van der Waals surface area contributed by atoms with Crippen LogP contribution < -0.4 is 0 Å². The molecule has 0 heterocycles. The standard InChI is InChI=1S/C8H12.C7H7O.Co/c1-2-4-6-8-7-5-3-1;1-6(8)7-4-2-3-5-7;/h1-2,7-8H,3-6H2;2-5H,1H3;/q;;+3. The van der Waals surface area contributed by atoms with Crippen LogP contribution in [0.3, 0.4) is 0 Å². The zero-order valence-corrected chi connectivity index (χ0v) is 11.2. The van der Waals surface area contributed by atoms with E-state index in [0.717, 1.165) is 5.92 Å². The van der Waals surface area contributed by atoms with Gasteiger partial charge in [0.1, 0.15) is 5.78 Å². The Hall–Kier alpha value is 0.176. The van der Waals surface area contributed by atoms with Gasteiger partial charge in [0, 0.05) is 5.92 Å². The van der Waals surface area contributed by atoms with Gasteiger partial charge in [-0.3, -0.25) is 4.79 Å². The Morgan fingerprint density at radius 1 is 0.882 bits per heavy atom. The van der Waals surface area contributed by atoms with Crippen molar-refractivity contribution in [3.05, 3.63) is 57.3 Å². The molecule has 2 rings (SSSR count). The van der Waals surface area contributed by atoms with E-state index >= 15 is 0 Å². The smallest absolute Gasteiger partial charge is 0.299 e. The van der Waals surface area contributed by atoms with E-state index in [0.29, 0.717) is 0 Å². The van der Waals surface area contributed by atoms with Crippen LogP contribution in [0.2, 0.25) is 0 Å². The molecule has 2 aliphatic rings. The molecule has 91 valence electrons. The van der Waals surface area contributed by atoms with Crippen molar-refractivity contribution in [3.63, 3.8) is 0 Å². The Balaban J connectivity index is 0.000000284. The van der Waals surface area contributed by atoms with Gasteiger partial charge >= 0.3 is 16.8 Å². The average molecular weight is 274 g/mol. The monoisotopic (exact) mass is 274 g/mol. The topological polar surface area (TPSA) is 17.1 Å². The first-order valence-electron chi connectivity index (χ1n) is 5.83. The second kappa shape index (κ2) is 11.3. The Kier molecular flexibility index (Phi) is 11.4. The maximum absolute atomic E-state index is 10.5. The van der Waals surface area contributed by atoms with Gasteiger partial charge in [-0.25, -0.2) is 0 Å². The van der Waals surface area contributed by atoms with Crippen molar-refractivity contribution >= 4 is 5.78 Å². The fraction of sp³-hybridized carbons (Fsp3) is 0.333. The molecule has 0 aromatic rings. The molecule has 2 heteroatoms. The minimum Gasteiger partial charge on any atom is -0.299 e. The van der Waals surface area contributed by atoms with Crippen molar-refractivity contribution < 1.29 is 21.6 Å². The van der Waals surface area contributed by atoms with Gasteiger partial charge in [-0.1, -0.05) is 0 Å². The zero-order chi connectivity index (χ0) is 11.6. The molecule has 9 radical (unpaired) electrons. The maximum atomic E-state index is 10.5. The van der Waals surface area contributed by atoms with Crippen LogP contribution in [0.4, 0.5) is 0 Å². The maximum Gasteiger partial charge on any atom is 3.00 e. The van der Waals surface area contributed by atoms with Crippen LogP contribution in [0.15, 0.2) is 0 Å². The molecule has 0 unspecified atom stereocenters. The van der Waals surface area contributed by atoms with Crippen LogP contribution in [0.1, 0.15) is 32.6 Å². The molecule has 1 nitrogen and oxygen atoms in total. The molecule has 0 aromatic carbocycles. The largest absolute Gasteiger partial charge is 3.00 e. The van der Waals surface area contributed by atoms with Crippen LogP contribution >= 0.6 is 0 Å². The van der Waals surface area contributed by atoms with E-state index < -0.39 is 0 Å². The molecule has 0 N–H and O–H groups in total. The van der Waals surface area contributed by atoms with Crippen LogP contribution in [0.5, 0.6) is 0 Å². The number of carbonyl (C=O) groups excluding carboxylic acids is 1. The predicted octanol–water partition coefficient (Wildman–Crippen LogP) is 3.36. The molecular weight excluding hydrogens is 255 g/mol. The molecule has 0 bridgehead atoms. The van der Waals surface area contributed by atoms with Crippen LogP contribution in [0, 0.1) is 57.3 Å². The van der Waals surface area contributed by atoms with Gasteiger partial charge < -0.3 is 0 Å². The van der Waals surface area contributed by atoms with Crippen molar-refractivity contribution in [1.29, 1.82) is 0 Å². The summed E-state index contributed by atoms with van der Waals surface area (Å²) in [5.74, 6) is 0.931. The Morgan fingerprint density at radius 3 is 1.47 bits per heavy atom. The molecular formula is C15H19CoO+3. The number of hydrogen-bond donors (Lipinski definition) is 0. The van der Waals surface area contributed by atoms with E-state index in [1.165, 1.54) is 25.7 Å². The van der Waals surface area contributed by atoms with E-state index in [-0.39, 0.29) is 22.6 Å². The molecule has 0 spiro atoms. The molecule has 0 saturated heterocycles. The second-order valence-electron chi connectivity index (χ2n) is 3.83. The van der Waals surface area contributed by atoms with Crippen molar-refractivity contribution in [1.82, 2.24) is 0 Å². The Morgan fingerprint density at radius 2 is 1.24 bits per heavy atom. The molecule has 0 aliphatic heterocycles. The van der Waals surface area contributed by atoms with E-state index in [9.17, 15) is 4.79 Å². The summed E-state index contributed by atoms with van der Waals surface area (Å²) in [7, 11) is 0. The Bertz CT molecular complexity index is 161. The van der Waals surface area contributed by atoms with Crippen LogP contribution in [-0.4, -0.2) is 5.78 Å². The molecule has 2 saturated carbocycles. The Labute approximate surface area is 117 Å². The number of rotatable bonds is 1. The number of Topliss-reactive ketones (excluding diaryl/α,β-unsaturated/α-hetero) is 1. The van der Waals surface area contributed by atoms with Gasteiger partial charge in [-0.05, 0) is 84.0 Å². The molecule has 0 amide bonds. The van der Waals surface area contributed by atoms with Crippen molar-refractivity contribution in [2.75, 3.05) is 0 Å². The van der Waals surface area contributed by atoms with Gasteiger partial charge in [0.15, 0.2) is 0 Å². The fourth-order valence-electron chi connectivity index (χ4n) is 1.47. The summed E-state index contributed by atoms with van der Waals surface area (Å²) in [6.45, 7) is 1.56. The third-order valence-corrected chi connectivity index (χ3v) is 2.40. The quantitative estimate of drug-likeness (QED) is 0.716. The van der Waals surface area contributed by atoms with Crippen molar-refractivity contribution in [3.8, 4) is 0 Å². The zero-order valence-electron chi connectivity index (χ0n) is 10.2. The van der Waals surface area contributed by atoms with Crippen molar-refractivity contribution in [2.24, 2.45) is 0 Å². The summed E-state index contributed by atoms with van der Waals surface area (Å²) in [6, 6.07) is 0. The first-order valence-corrected chi connectivity index (χ1v) is 5.83. The first-order chi connectivity index (χ1) is 7.80. The SMILES string of the molecule is CC(=O)[C]1[CH][CH][CH][CH]1.[CH]1[CH]CC[CH][CH]CC1.[Co+3]. The minimum absolute atomic E-state index is 0. The average Bonchev–Trinajstić information content (AvgIpc) is 2.69. The molecule has 17 heavy (non-hydrogen) atoms. The van der Waals surface area contributed by atoms with E-state index in [2.05, 4.69) is 25.7 Å². The summed E-state index contributed by atoms with van der Waals surface area (Å²) < 4.78 is 0. The van der Waals surface area contributed by atoms with Gasteiger partial charge in [0.2, 0.25) is 0 Å². The fourth-order valence-corrected chi connectivity index (χ4v) is 1.47. The third-order valence-electron chi connectivity index (χ3n) is 2.40. The predicted molar refractivity (Wildman–Crippen MR) is 66.8 cm³/mol. The number of ketones is 1. The van der Waals surface area contributed by atoms with Gasteiger partial charge in [0.25, 0.3) is 0 Å². The molecule has 2 fully saturated rings. The van der Waals surface area contributed by atoms with Gasteiger partial charge in [-0.15, -0.1) is 0 Å². The number of carbonyl (C=O) groups is 1. The van der Waals surface area contributed by atoms with Gasteiger partial charge in [0.05, 0.1) is 0 Å². The van der Waals surface area contributed by atoms with E-state index in [1.807, 2.05) is 25.7 Å². The molecule has 2 aliphatic carbocycles. The summed E-state index contributed by atoms with van der Waals surface area (Å²) in [5, 5.41) is 0. The molecule has 0 aromatic heterocycles. The third kappa shape index (κ3) is 8.84. The number of hydrogen-bond acceptors (Lipinski definition) is 1. The normalized spacial score (nSPS) is 21.5. The summed E-state index contributed by atoms with van der Waals surface area (Å²) in [5.41, 5.74) is 0. The summed E-state index contributed by atoms with van der Waals surface area (Å²) >= 11 is 0. The minimum atomic E-state index is 0. The van der Waals surface area contributed by atoms with Crippen LogP contribution in [0.25, 0.3) is 0 Å².